The molecule has 0 saturated carbocycles. The molecule has 0 atom stereocenters. The molecule has 0 saturated heterocycles. The monoisotopic (exact) mass is 426 g/mol. The fraction of sp³-hybridized carbons (Fsp3) is 0.0556. The summed E-state index contributed by atoms with van der Waals surface area (Å²) >= 11 is 1.77. The normalized spacial score (nSPS) is 11.3. The molecule has 0 spiro atoms. The van der Waals surface area contributed by atoms with Crippen LogP contribution in [0.1, 0.15) is 10.4 Å². The number of hydrogen-bond acceptors (Lipinski definition) is 6. The van der Waals surface area contributed by atoms with Crippen molar-refractivity contribution in [2.45, 2.75) is 4.90 Å². The zero-order chi connectivity index (χ0) is 19.0. The van der Waals surface area contributed by atoms with Gasteiger partial charge in [-0.25, -0.2) is 18.6 Å². The molecule has 0 fully saturated rings. The molecule has 0 aliphatic rings. The lowest BCUT2D eigenvalue weighted by molar-refractivity contribution is -2.00. The molecule has 3 rings (SSSR count). The van der Waals surface area contributed by atoms with Crippen molar-refractivity contribution in [3.63, 3.8) is 0 Å². The molecular weight excluding hydrogens is 412 g/mol. The Morgan fingerprint density at radius 3 is 2.12 bits per heavy atom. The summed E-state index contributed by atoms with van der Waals surface area (Å²) in [4.78, 5) is 3.93. The lowest BCUT2D eigenvalue weighted by atomic mass is 10.2. The molecule has 8 heteroatoms. The second-order valence-corrected chi connectivity index (χ2v) is 8.81. The van der Waals surface area contributed by atoms with Crippen molar-refractivity contribution in [3.05, 3.63) is 71.1 Å². The summed E-state index contributed by atoms with van der Waals surface area (Å²) in [5.74, 6) is 0. The maximum Gasteiger partial charge on any atom is 0.301 e. The van der Waals surface area contributed by atoms with Crippen LogP contribution in [-0.2, 0) is 0 Å². The zero-order valence-corrected chi connectivity index (χ0v) is 16.9. The molecule has 0 bridgehead atoms. The van der Waals surface area contributed by atoms with E-state index in [9.17, 15) is 0 Å². The van der Waals surface area contributed by atoms with Crippen LogP contribution in [0.25, 0.3) is 22.6 Å². The number of hydrogen-bond donors (Lipinski definition) is 0. The quantitative estimate of drug-likeness (QED) is 0.361. The zero-order valence-electron chi connectivity index (χ0n) is 13.7. The Labute approximate surface area is 165 Å². The summed E-state index contributed by atoms with van der Waals surface area (Å²) in [7, 11) is -1.29. The van der Waals surface area contributed by atoms with E-state index in [4.69, 9.17) is 18.6 Å². The second-order valence-electron chi connectivity index (χ2n) is 4.93. The van der Waals surface area contributed by atoms with Crippen LogP contribution < -0.4 is 18.6 Å². The van der Waals surface area contributed by atoms with Gasteiger partial charge in [0.25, 0.3) is 4.88 Å². The van der Waals surface area contributed by atoms with Crippen molar-refractivity contribution in [1.82, 2.24) is 0 Å². The van der Waals surface area contributed by atoms with Crippen molar-refractivity contribution in [3.8, 4) is 10.4 Å². The highest BCUT2D eigenvalue weighted by Crippen LogP contribution is 2.32. The summed E-state index contributed by atoms with van der Waals surface area (Å²) in [6, 6.07) is 21.5. The molecule has 0 amide bonds. The van der Waals surface area contributed by atoms with E-state index in [1.165, 1.54) is 25.8 Å². The Kier molecular flexibility index (Phi) is 8.20. The summed E-state index contributed by atoms with van der Waals surface area (Å²) in [6.45, 7) is 0. The fourth-order valence-corrected chi connectivity index (χ4v) is 4.64. The second kappa shape index (κ2) is 10.1. The number of benzene rings is 2. The Bertz CT molecular complexity index is 822. The van der Waals surface area contributed by atoms with Crippen molar-refractivity contribution < 1.29 is 28.9 Å². The molecule has 1 heterocycles. The molecule has 0 aliphatic heterocycles. The standard InChI is InChI=1S/C18H15S3.ClHO4/c1-19-16-10-7-14(8-11-16)9-12-17-13-18(21-20-17)15-5-3-2-4-6-15;2-1(3,4)5/h2-13H,1H3;(H,2,3,4,5)/q+1;/p-1/b12-9+;. The van der Waals surface area contributed by atoms with E-state index in [-0.39, 0.29) is 0 Å². The Hall–Kier alpha value is -1.29. The van der Waals surface area contributed by atoms with Crippen LogP contribution in [0.15, 0.2) is 65.6 Å². The van der Waals surface area contributed by atoms with Gasteiger partial charge in [-0.2, -0.15) is 0 Å². The van der Waals surface area contributed by atoms with E-state index in [2.05, 4.69) is 79.1 Å². The van der Waals surface area contributed by atoms with Gasteiger partial charge in [0.05, 0.1) is 4.88 Å². The summed E-state index contributed by atoms with van der Waals surface area (Å²) in [5.41, 5.74) is 2.54. The molecule has 0 unspecified atom stereocenters. The van der Waals surface area contributed by atoms with Gasteiger partial charge < -0.3 is 0 Å². The van der Waals surface area contributed by atoms with Gasteiger partial charge in [-0.05, 0) is 42.2 Å². The molecule has 1 aromatic heterocycles. The van der Waals surface area contributed by atoms with Crippen LogP contribution in [0.5, 0.6) is 0 Å². The summed E-state index contributed by atoms with van der Waals surface area (Å²) in [5, 5.41) is 0. The van der Waals surface area contributed by atoms with E-state index in [0.717, 1.165) is 0 Å². The van der Waals surface area contributed by atoms with Gasteiger partial charge in [-0.1, -0.05) is 36.4 Å². The third-order valence-electron chi connectivity index (χ3n) is 3.12. The first kappa shape index (κ1) is 21.0. The molecule has 136 valence electrons. The topological polar surface area (TPSA) is 92.2 Å². The van der Waals surface area contributed by atoms with E-state index in [0.29, 0.717) is 0 Å². The predicted molar refractivity (Wildman–Crippen MR) is 99.2 cm³/mol. The minimum absolute atomic E-state index is 1.24. The van der Waals surface area contributed by atoms with Gasteiger partial charge in [-0.15, -0.1) is 22.0 Å². The molecule has 4 nitrogen and oxygen atoms in total. The third kappa shape index (κ3) is 7.94. The van der Waals surface area contributed by atoms with Crippen molar-refractivity contribution >= 4 is 44.6 Å². The van der Waals surface area contributed by atoms with Crippen LogP contribution in [0, 0.1) is 10.2 Å². The minimum Gasteiger partial charge on any atom is -0.222 e. The van der Waals surface area contributed by atoms with Crippen molar-refractivity contribution in [2.75, 3.05) is 6.26 Å². The molecule has 0 aliphatic carbocycles. The number of halogens is 1. The molecular formula is C18H15ClO4S3. The SMILES string of the molecule is CSc1ccc(/C=C/c2cc(-c3ccccc3)[s+]s2)cc1.[O-][Cl+3]([O-])([O-])[O-]. The van der Waals surface area contributed by atoms with Crippen LogP contribution in [0.3, 0.4) is 0 Å². The van der Waals surface area contributed by atoms with Gasteiger partial charge >= 0.3 is 10.3 Å². The first-order valence-electron chi connectivity index (χ1n) is 7.27. The highest BCUT2D eigenvalue weighted by molar-refractivity contribution is 7.98. The molecule has 0 N–H and O–H groups in total. The maximum atomic E-state index is 8.49. The van der Waals surface area contributed by atoms with E-state index in [1.807, 2.05) is 20.7 Å². The average Bonchev–Trinajstić information content (AvgIpc) is 3.09. The minimum atomic E-state index is -4.94. The lowest BCUT2D eigenvalue weighted by Crippen LogP contribution is -2.68. The third-order valence-corrected chi connectivity index (χ3v) is 6.29. The Morgan fingerprint density at radius 2 is 1.54 bits per heavy atom. The summed E-state index contributed by atoms with van der Waals surface area (Å²) in [6.07, 6.45) is 6.47. The van der Waals surface area contributed by atoms with Crippen molar-refractivity contribution in [2.24, 2.45) is 0 Å². The van der Waals surface area contributed by atoms with E-state index in [1.54, 1.807) is 11.8 Å². The van der Waals surface area contributed by atoms with Crippen molar-refractivity contribution in [1.29, 1.82) is 0 Å². The molecule has 0 radical (unpaired) electrons. The number of rotatable bonds is 4. The van der Waals surface area contributed by atoms with Crippen LogP contribution in [0.4, 0.5) is 0 Å². The van der Waals surface area contributed by atoms with Gasteiger partial charge in [0, 0.05) is 16.5 Å². The largest absolute Gasteiger partial charge is 0.301 e. The molecule has 26 heavy (non-hydrogen) atoms. The molecule has 3 aromatic rings. The number of thioether (sulfide) groups is 1. The lowest BCUT2D eigenvalue weighted by Gasteiger charge is -2.17. The van der Waals surface area contributed by atoms with Crippen LogP contribution >= 0.6 is 32.4 Å². The van der Waals surface area contributed by atoms with E-state index < -0.39 is 10.2 Å². The highest BCUT2D eigenvalue weighted by atomic mass is 35.7. The van der Waals surface area contributed by atoms with Crippen LogP contribution in [0.2, 0.25) is 0 Å². The van der Waals surface area contributed by atoms with Gasteiger partial charge in [-0.3, -0.25) is 0 Å². The smallest absolute Gasteiger partial charge is 0.222 e. The van der Waals surface area contributed by atoms with Gasteiger partial charge in [0.15, 0.2) is 10.3 Å². The van der Waals surface area contributed by atoms with Gasteiger partial charge in [0.1, 0.15) is 0 Å². The predicted octanol–water partition coefficient (Wildman–Crippen LogP) is 1.89. The first-order valence-corrected chi connectivity index (χ1v) is 11.9. The average molecular weight is 427 g/mol. The highest BCUT2D eigenvalue weighted by Gasteiger charge is 2.13. The Morgan fingerprint density at radius 1 is 0.923 bits per heavy atom. The summed E-state index contributed by atoms with van der Waals surface area (Å²) < 4.78 is 34.0. The Balaban J connectivity index is 0.000000431. The van der Waals surface area contributed by atoms with Gasteiger partial charge in [0.2, 0.25) is 0 Å². The maximum absolute atomic E-state index is 8.49. The fourth-order valence-electron chi connectivity index (χ4n) is 1.97. The first-order chi connectivity index (χ1) is 12.3. The van der Waals surface area contributed by atoms with Crippen LogP contribution in [-0.4, -0.2) is 6.26 Å². The van der Waals surface area contributed by atoms with E-state index >= 15 is 0 Å². The molecule has 2 aromatic carbocycles.